The Kier molecular flexibility index (Phi) is 15.7. The third-order valence-electron chi connectivity index (χ3n) is 8.23. The van der Waals surface area contributed by atoms with Crippen LogP contribution in [0.25, 0.3) is 21.5 Å². The molecule has 3 N–H and O–H groups in total. The van der Waals surface area contributed by atoms with E-state index in [2.05, 4.69) is 0 Å². The summed E-state index contributed by atoms with van der Waals surface area (Å²) in [6, 6.07) is 30.7. The molecular weight excluding hydrogens is 784 g/mol. The minimum absolute atomic E-state index is 0.0463. The van der Waals surface area contributed by atoms with Gasteiger partial charge in [0.2, 0.25) is 0 Å². The molecule has 0 heterocycles. The van der Waals surface area contributed by atoms with Crippen molar-refractivity contribution in [1.82, 2.24) is 0 Å². The summed E-state index contributed by atoms with van der Waals surface area (Å²) in [5.74, 6) is -1.56. The predicted molar refractivity (Wildman–Crippen MR) is 212 cm³/mol. The summed E-state index contributed by atoms with van der Waals surface area (Å²) in [6.07, 6.45) is 0.903. The van der Waals surface area contributed by atoms with Crippen LogP contribution in [0, 0.1) is 26.0 Å². The lowest BCUT2D eigenvalue weighted by molar-refractivity contribution is -0.385. The molecule has 0 amide bonds. The number of hydrogen-bond donors (Lipinski definition) is 3. The monoisotopic (exact) mass is 822 g/mol. The lowest BCUT2D eigenvalue weighted by atomic mass is 10.1. The summed E-state index contributed by atoms with van der Waals surface area (Å²) in [4.78, 5) is 21.3. The molecule has 0 bridgehead atoms. The Hall–Kier alpha value is -5.85. The third-order valence-corrected chi connectivity index (χ3v) is 11.7. The molecule has 0 aromatic heterocycles. The smallest absolute Gasteiger partial charge is 0.273 e. The molecule has 6 aromatic rings. The second kappa shape index (κ2) is 20.4. The zero-order valence-corrected chi connectivity index (χ0v) is 31.9. The van der Waals surface area contributed by atoms with Gasteiger partial charge in [0, 0.05) is 60.3 Å². The number of benzene rings is 6. The van der Waals surface area contributed by atoms with Gasteiger partial charge in [0.15, 0.2) is 19.7 Å². The number of halogens is 1. The Balaban J connectivity index is 0.000000228. The fourth-order valence-electron chi connectivity index (χ4n) is 5.62. The lowest BCUT2D eigenvalue weighted by Gasteiger charge is -2.11. The molecule has 17 heteroatoms. The van der Waals surface area contributed by atoms with Crippen molar-refractivity contribution in [2.45, 2.75) is 34.1 Å². The van der Waals surface area contributed by atoms with Gasteiger partial charge in [0.05, 0.1) is 37.8 Å². The maximum absolute atomic E-state index is 13.4. The molecule has 300 valence electrons. The molecule has 0 unspecified atom stereocenters. The summed E-state index contributed by atoms with van der Waals surface area (Å²) in [5, 5.41) is 49.7. The van der Waals surface area contributed by atoms with E-state index in [9.17, 15) is 41.5 Å². The summed E-state index contributed by atoms with van der Waals surface area (Å²) >= 11 is 0. The zero-order chi connectivity index (χ0) is 41.6. The summed E-state index contributed by atoms with van der Waals surface area (Å²) < 4.78 is 70.5. The Morgan fingerprint density at radius 3 is 1.46 bits per heavy atom. The van der Waals surface area contributed by atoms with Crippen LogP contribution in [0.3, 0.4) is 0 Å². The average Bonchev–Trinajstić information content (AvgIpc) is 3.18. The number of hydrogen-bond acceptors (Lipinski definition) is 12. The van der Waals surface area contributed by atoms with Crippen molar-refractivity contribution >= 4 is 52.6 Å². The highest BCUT2D eigenvalue weighted by Gasteiger charge is 2.26. The highest BCUT2D eigenvalue weighted by atomic mass is 32.2. The molecule has 0 aliphatic rings. The quantitative estimate of drug-likeness (QED) is 0.0593. The first-order chi connectivity index (χ1) is 27.2. The molecule has 0 saturated carbocycles. The van der Waals surface area contributed by atoms with E-state index < -0.39 is 52.5 Å². The summed E-state index contributed by atoms with van der Waals surface area (Å²) in [7, 11) is -7.72. The van der Waals surface area contributed by atoms with Crippen LogP contribution >= 0.6 is 0 Å². The second-order valence-corrected chi connectivity index (χ2v) is 16.2. The maximum Gasteiger partial charge on any atom is 0.273 e. The number of sulfone groups is 2. The van der Waals surface area contributed by atoms with E-state index >= 15 is 0 Å². The first-order valence-corrected chi connectivity index (χ1v) is 20.6. The van der Waals surface area contributed by atoms with Gasteiger partial charge in [-0.2, -0.15) is 0 Å². The first-order valence-electron chi connectivity index (χ1n) is 17.3. The average molecular weight is 823 g/mol. The molecular formula is C40H39FN2O12S2. The molecule has 0 aliphatic heterocycles. The number of nitro groups is 2. The Bertz CT molecular complexity index is 2560. The van der Waals surface area contributed by atoms with Crippen molar-refractivity contribution in [3.63, 3.8) is 0 Å². The van der Waals surface area contributed by atoms with E-state index in [4.69, 9.17) is 20.1 Å². The number of nitro benzene ring substituents is 2. The Morgan fingerprint density at radius 1 is 0.561 bits per heavy atom. The minimum Gasteiger partial charge on any atom is -0.493 e. The molecule has 0 aliphatic carbocycles. The fourth-order valence-corrected chi connectivity index (χ4v) is 8.82. The van der Waals surface area contributed by atoms with Gasteiger partial charge in [0.1, 0.15) is 11.6 Å². The molecule has 6 aromatic carbocycles. The highest BCUT2D eigenvalue weighted by Crippen LogP contribution is 2.32. The molecule has 0 fully saturated rings. The number of aliphatic hydroxyl groups is 3. The van der Waals surface area contributed by atoms with Crippen molar-refractivity contribution in [2.24, 2.45) is 0 Å². The van der Waals surface area contributed by atoms with Gasteiger partial charge in [-0.25, -0.2) is 21.2 Å². The number of aliphatic hydroxyl groups excluding tert-OH is 3. The van der Waals surface area contributed by atoms with E-state index in [1.165, 1.54) is 30.3 Å². The minimum atomic E-state index is -3.88. The topological polar surface area (TPSA) is 224 Å². The summed E-state index contributed by atoms with van der Waals surface area (Å²) in [6.45, 7) is 0.367. The van der Waals surface area contributed by atoms with Crippen LogP contribution in [-0.4, -0.2) is 68.4 Å². The molecule has 14 nitrogen and oxygen atoms in total. The van der Waals surface area contributed by atoms with Gasteiger partial charge in [-0.15, -0.1) is 0 Å². The van der Waals surface area contributed by atoms with Crippen LogP contribution in [-0.2, 0) is 31.2 Å². The van der Waals surface area contributed by atoms with Gasteiger partial charge in [-0.05, 0) is 53.6 Å². The van der Waals surface area contributed by atoms with Crippen LogP contribution in [0.15, 0.2) is 131 Å². The van der Waals surface area contributed by atoms with Crippen LogP contribution in [0.2, 0.25) is 0 Å². The van der Waals surface area contributed by atoms with Crippen LogP contribution in [0.1, 0.15) is 24.0 Å². The Labute approximate surface area is 327 Å². The maximum atomic E-state index is 13.4. The molecule has 6 rings (SSSR count). The van der Waals surface area contributed by atoms with Crippen LogP contribution < -0.4 is 4.74 Å². The summed E-state index contributed by atoms with van der Waals surface area (Å²) in [5.41, 5.74) is -0.814. The van der Waals surface area contributed by atoms with Gasteiger partial charge in [-0.1, -0.05) is 72.8 Å². The normalized spacial score (nSPS) is 11.2. The van der Waals surface area contributed by atoms with Gasteiger partial charge in [0.25, 0.3) is 11.4 Å². The number of fused-ring (bicyclic) bond motifs is 2. The lowest BCUT2D eigenvalue weighted by Crippen LogP contribution is -2.08. The van der Waals surface area contributed by atoms with E-state index in [0.29, 0.717) is 29.4 Å². The van der Waals surface area contributed by atoms with E-state index in [1.54, 1.807) is 54.6 Å². The van der Waals surface area contributed by atoms with Crippen molar-refractivity contribution in [2.75, 3.05) is 26.4 Å². The van der Waals surface area contributed by atoms with E-state index in [0.717, 1.165) is 29.0 Å². The van der Waals surface area contributed by atoms with Crippen molar-refractivity contribution in [3.8, 4) is 5.75 Å². The zero-order valence-electron chi connectivity index (χ0n) is 30.3. The molecule has 0 spiro atoms. The van der Waals surface area contributed by atoms with Gasteiger partial charge in [-0.3, -0.25) is 20.2 Å². The molecule has 0 radical (unpaired) electrons. The largest absolute Gasteiger partial charge is 0.493 e. The first kappa shape index (κ1) is 43.9. The highest BCUT2D eigenvalue weighted by molar-refractivity contribution is 7.91. The molecule has 0 atom stereocenters. The number of ether oxygens (including phenoxy) is 1. The number of nitrogens with zero attached hydrogens (tertiary/aromatic N) is 2. The second-order valence-electron chi connectivity index (χ2n) is 12.3. The van der Waals surface area contributed by atoms with Gasteiger partial charge >= 0.3 is 0 Å². The predicted octanol–water partition coefficient (Wildman–Crippen LogP) is 6.71. The van der Waals surface area contributed by atoms with Crippen molar-refractivity contribution in [3.05, 3.63) is 159 Å². The van der Waals surface area contributed by atoms with E-state index in [1.807, 2.05) is 18.2 Å². The SMILES string of the molecule is O=[N+]([O-])c1ccc(F)cc1CS(=O)(=O)c1cccc2ccccc12.O=[N+]([O-])c1ccc(OCCCO)cc1CS(=O)(=O)c1cccc2ccccc12.OCCCO. The molecule has 57 heavy (non-hydrogen) atoms. The van der Waals surface area contributed by atoms with Crippen molar-refractivity contribution < 1.29 is 51.1 Å². The van der Waals surface area contributed by atoms with Crippen LogP contribution in [0.4, 0.5) is 15.8 Å². The standard InChI is InChI=1S/C20H19NO6S.C17H12FNO4S.C3H8O2/c22-11-4-12-27-17-9-10-19(21(23)24)16(13-17)14-28(25,26)20-8-3-6-15-5-1-2-7-18(15)20;18-14-8-9-16(19(20)21)13(10-14)11-24(22,23)17-7-3-5-12-4-1-2-6-15(12)17;4-2-1-3-5/h1-3,5-10,13,22H,4,11-12,14H2;1-10H,11H2;4-5H,1-3H2. The van der Waals surface area contributed by atoms with E-state index in [-0.39, 0.29) is 53.0 Å². The molecule has 0 saturated heterocycles. The van der Waals surface area contributed by atoms with Crippen LogP contribution in [0.5, 0.6) is 5.75 Å². The van der Waals surface area contributed by atoms with Crippen molar-refractivity contribution in [1.29, 1.82) is 0 Å². The number of rotatable bonds is 14. The Morgan fingerprint density at radius 2 is 1.00 bits per heavy atom. The third kappa shape index (κ3) is 11.8. The van der Waals surface area contributed by atoms with Gasteiger partial charge < -0.3 is 20.1 Å². The fraction of sp³-hybridized carbons (Fsp3) is 0.200.